The second kappa shape index (κ2) is 5.36. The Hall–Kier alpha value is -1.30. The van der Waals surface area contributed by atoms with Gasteiger partial charge in [0.1, 0.15) is 0 Å². The minimum atomic E-state index is -4.52. The molecule has 1 amide bonds. The lowest BCUT2D eigenvalue weighted by Crippen LogP contribution is -2.44. The molecule has 0 aliphatic carbocycles. The van der Waals surface area contributed by atoms with E-state index < -0.39 is 25.7 Å². The van der Waals surface area contributed by atoms with Crippen molar-refractivity contribution >= 4 is 19.2 Å². The van der Waals surface area contributed by atoms with Crippen LogP contribution in [-0.4, -0.2) is 20.5 Å². The van der Waals surface area contributed by atoms with Gasteiger partial charge in [-0.2, -0.15) is 13.2 Å². The smallest absolute Gasteiger partial charge is 0.352 e. The minimum Gasteiger partial charge on any atom is -0.352 e. The topological polar surface area (TPSA) is 29.1 Å². The average Bonchev–Trinajstić information content (AvgIpc) is 2.26. The summed E-state index contributed by atoms with van der Waals surface area (Å²) >= 11 is 0. The molecule has 19 heavy (non-hydrogen) atoms. The molecule has 1 rings (SSSR count). The lowest BCUT2D eigenvalue weighted by atomic mass is 10.1. The molecule has 0 saturated carbocycles. The lowest BCUT2D eigenvalue weighted by Gasteiger charge is -2.23. The summed E-state index contributed by atoms with van der Waals surface area (Å²) in [7, 11) is -2.04. The fraction of sp³-hybridized carbons (Fsp3) is 0.462. The Bertz CT molecular complexity index is 446. The van der Waals surface area contributed by atoms with Crippen LogP contribution in [0.1, 0.15) is 22.8 Å². The first-order valence-corrected chi connectivity index (χ1v) is 9.58. The van der Waals surface area contributed by atoms with Crippen molar-refractivity contribution in [2.75, 3.05) is 6.54 Å². The Kier molecular flexibility index (Phi) is 4.45. The van der Waals surface area contributed by atoms with Gasteiger partial charge >= 0.3 is 6.18 Å². The van der Waals surface area contributed by atoms with Gasteiger partial charge in [-0.3, -0.25) is 4.79 Å². The van der Waals surface area contributed by atoms with Crippen LogP contribution in [0.2, 0.25) is 19.6 Å². The fourth-order valence-corrected chi connectivity index (χ4v) is 3.50. The highest BCUT2D eigenvalue weighted by Gasteiger charge is 2.38. The van der Waals surface area contributed by atoms with E-state index in [0.29, 0.717) is 11.7 Å². The first-order valence-electron chi connectivity index (χ1n) is 6.08. The Morgan fingerprint density at radius 2 is 1.84 bits per heavy atom. The van der Waals surface area contributed by atoms with Gasteiger partial charge in [0.15, 0.2) is 0 Å². The number of carbonyl (C=O) groups is 1. The number of amides is 1. The SMILES string of the molecule is CCNC(=O)c1c(C(F)(F)F)cccc1[Si](C)(C)C. The number of rotatable bonds is 3. The van der Waals surface area contributed by atoms with Crippen molar-refractivity contribution in [3.63, 3.8) is 0 Å². The van der Waals surface area contributed by atoms with E-state index in [1.165, 1.54) is 6.07 Å². The summed E-state index contributed by atoms with van der Waals surface area (Å²) in [4.78, 5) is 12.0. The normalized spacial score (nSPS) is 12.4. The van der Waals surface area contributed by atoms with Crippen molar-refractivity contribution in [2.45, 2.75) is 32.7 Å². The molecule has 1 aromatic carbocycles. The van der Waals surface area contributed by atoms with Crippen LogP contribution >= 0.6 is 0 Å². The highest BCUT2D eigenvalue weighted by atomic mass is 28.3. The molecule has 1 aromatic rings. The van der Waals surface area contributed by atoms with E-state index in [4.69, 9.17) is 0 Å². The zero-order valence-corrected chi connectivity index (χ0v) is 12.5. The molecular weight excluding hydrogens is 271 g/mol. The van der Waals surface area contributed by atoms with E-state index in [0.717, 1.165) is 6.07 Å². The molecule has 0 aromatic heterocycles. The summed E-state index contributed by atoms with van der Waals surface area (Å²) in [6.07, 6.45) is -4.52. The summed E-state index contributed by atoms with van der Waals surface area (Å²) < 4.78 is 39.2. The molecule has 2 nitrogen and oxygen atoms in total. The first kappa shape index (κ1) is 15.8. The molecule has 0 unspecified atom stereocenters. The predicted octanol–water partition coefficient (Wildman–Crippen LogP) is 3.00. The second-order valence-electron chi connectivity index (χ2n) is 5.34. The molecule has 0 fully saturated rings. The number of alkyl halides is 3. The molecule has 6 heteroatoms. The maximum atomic E-state index is 13.1. The first-order chi connectivity index (χ1) is 8.59. The standard InChI is InChI=1S/C13H18F3NOSi/c1-5-17-12(18)11-9(13(14,15)16)7-6-8-10(11)19(2,3)4/h6-8H,5H2,1-4H3,(H,17,18). The van der Waals surface area contributed by atoms with Crippen LogP contribution in [0.15, 0.2) is 18.2 Å². The van der Waals surface area contributed by atoms with Crippen molar-refractivity contribution < 1.29 is 18.0 Å². The summed E-state index contributed by atoms with van der Waals surface area (Å²) in [6, 6.07) is 3.97. The van der Waals surface area contributed by atoms with Gasteiger partial charge in [-0.1, -0.05) is 31.8 Å². The highest BCUT2D eigenvalue weighted by molar-refractivity contribution is 6.89. The molecule has 0 radical (unpaired) electrons. The number of hydrogen-bond donors (Lipinski definition) is 1. The van der Waals surface area contributed by atoms with Crippen molar-refractivity contribution in [1.82, 2.24) is 5.32 Å². The number of halogens is 3. The largest absolute Gasteiger partial charge is 0.417 e. The molecule has 0 bridgehead atoms. The van der Waals surface area contributed by atoms with E-state index in [2.05, 4.69) is 5.32 Å². The highest BCUT2D eigenvalue weighted by Crippen LogP contribution is 2.32. The summed E-state index contributed by atoms with van der Waals surface area (Å²) in [6.45, 7) is 7.75. The van der Waals surface area contributed by atoms with E-state index in [-0.39, 0.29) is 5.56 Å². The number of carbonyl (C=O) groups excluding carboxylic acids is 1. The maximum absolute atomic E-state index is 13.1. The van der Waals surface area contributed by atoms with Gasteiger partial charge in [0, 0.05) is 6.54 Å². The number of benzene rings is 1. The Balaban J connectivity index is 3.55. The zero-order chi connectivity index (χ0) is 14.8. The summed E-state index contributed by atoms with van der Waals surface area (Å²) in [5.41, 5.74) is -1.06. The fourth-order valence-electron chi connectivity index (χ4n) is 1.91. The monoisotopic (exact) mass is 289 g/mol. The third-order valence-electron chi connectivity index (χ3n) is 2.74. The average molecular weight is 289 g/mol. The van der Waals surface area contributed by atoms with Crippen LogP contribution in [0.25, 0.3) is 0 Å². The van der Waals surface area contributed by atoms with Gasteiger partial charge < -0.3 is 5.32 Å². The third-order valence-corrected chi connectivity index (χ3v) is 4.77. The molecular formula is C13H18F3NOSi. The van der Waals surface area contributed by atoms with Crippen LogP contribution in [0, 0.1) is 0 Å². The van der Waals surface area contributed by atoms with Gasteiger partial charge in [0.2, 0.25) is 0 Å². The van der Waals surface area contributed by atoms with E-state index in [1.807, 2.05) is 19.6 Å². The van der Waals surface area contributed by atoms with Crippen molar-refractivity contribution in [3.8, 4) is 0 Å². The summed E-state index contributed by atoms with van der Waals surface area (Å²) in [5.74, 6) is -0.646. The van der Waals surface area contributed by atoms with Crippen LogP contribution in [0.4, 0.5) is 13.2 Å². The molecule has 1 N–H and O–H groups in total. The minimum absolute atomic E-state index is 0.212. The van der Waals surface area contributed by atoms with Crippen LogP contribution < -0.4 is 10.5 Å². The van der Waals surface area contributed by atoms with E-state index in [9.17, 15) is 18.0 Å². The summed E-state index contributed by atoms with van der Waals surface area (Å²) in [5, 5.41) is 3.01. The van der Waals surface area contributed by atoms with E-state index in [1.54, 1.807) is 13.0 Å². The van der Waals surface area contributed by atoms with Crippen LogP contribution in [-0.2, 0) is 6.18 Å². The second-order valence-corrected chi connectivity index (χ2v) is 10.4. The van der Waals surface area contributed by atoms with Crippen molar-refractivity contribution in [1.29, 1.82) is 0 Å². The van der Waals surface area contributed by atoms with Crippen LogP contribution in [0.5, 0.6) is 0 Å². The van der Waals surface area contributed by atoms with Gasteiger partial charge in [0.25, 0.3) is 5.91 Å². The molecule has 0 atom stereocenters. The van der Waals surface area contributed by atoms with Crippen molar-refractivity contribution in [3.05, 3.63) is 29.3 Å². The van der Waals surface area contributed by atoms with Gasteiger partial charge in [0.05, 0.1) is 19.2 Å². The van der Waals surface area contributed by atoms with Gasteiger partial charge in [-0.15, -0.1) is 0 Å². The Morgan fingerprint density at radius 3 is 2.26 bits per heavy atom. The van der Waals surface area contributed by atoms with Crippen molar-refractivity contribution in [2.24, 2.45) is 0 Å². The molecule has 106 valence electrons. The molecule has 0 aliphatic rings. The number of hydrogen-bond acceptors (Lipinski definition) is 1. The van der Waals surface area contributed by atoms with Gasteiger partial charge in [-0.05, 0) is 18.2 Å². The zero-order valence-electron chi connectivity index (χ0n) is 11.5. The van der Waals surface area contributed by atoms with Gasteiger partial charge in [-0.25, -0.2) is 0 Å². The molecule has 0 aliphatic heterocycles. The Labute approximate surface area is 112 Å². The molecule has 0 heterocycles. The van der Waals surface area contributed by atoms with Crippen LogP contribution in [0.3, 0.4) is 0 Å². The quantitative estimate of drug-likeness (QED) is 0.852. The number of nitrogens with one attached hydrogen (secondary N) is 1. The van der Waals surface area contributed by atoms with E-state index >= 15 is 0 Å². The maximum Gasteiger partial charge on any atom is 0.417 e. The third kappa shape index (κ3) is 3.59. The lowest BCUT2D eigenvalue weighted by molar-refractivity contribution is -0.137. The molecule has 0 saturated heterocycles. The predicted molar refractivity (Wildman–Crippen MR) is 72.4 cm³/mol. The Morgan fingerprint density at radius 1 is 1.26 bits per heavy atom. The molecule has 0 spiro atoms.